The first-order valence-corrected chi connectivity index (χ1v) is 9.31. The first-order valence-electron chi connectivity index (χ1n) is 7.66. The largest absolute Gasteiger partial charge is 0.303 e. The van der Waals surface area contributed by atoms with Crippen molar-refractivity contribution in [2.45, 2.75) is 43.9 Å². The summed E-state index contributed by atoms with van der Waals surface area (Å²) in [5, 5.41) is 0. The lowest BCUT2D eigenvalue weighted by molar-refractivity contribution is 0.226. The summed E-state index contributed by atoms with van der Waals surface area (Å²) in [7, 11) is -3.08. The lowest BCUT2D eigenvalue weighted by Crippen LogP contribution is -2.30. The summed E-state index contributed by atoms with van der Waals surface area (Å²) >= 11 is 0. The Morgan fingerprint density at radius 3 is 2.60 bits per heavy atom. The van der Waals surface area contributed by atoms with Gasteiger partial charge in [0.1, 0.15) is 0 Å². The summed E-state index contributed by atoms with van der Waals surface area (Å²) < 4.78 is 23.7. The number of hydrogen-bond acceptors (Lipinski definition) is 3. The van der Waals surface area contributed by atoms with Crippen molar-refractivity contribution in [3.05, 3.63) is 29.8 Å². The molecule has 1 heterocycles. The zero-order valence-electron chi connectivity index (χ0n) is 12.3. The van der Waals surface area contributed by atoms with Crippen LogP contribution < -0.4 is 0 Å². The third-order valence-electron chi connectivity index (χ3n) is 4.03. The van der Waals surface area contributed by atoms with Crippen molar-refractivity contribution in [1.82, 2.24) is 4.90 Å². The molecule has 4 heteroatoms. The van der Waals surface area contributed by atoms with E-state index in [0.29, 0.717) is 4.90 Å². The van der Waals surface area contributed by atoms with Gasteiger partial charge in [0, 0.05) is 0 Å². The van der Waals surface area contributed by atoms with Crippen LogP contribution in [-0.4, -0.2) is 38.7 Å². The highest BCUT2D eigenvalue weighted by molar-refractivity contribution is 7.91. The molecule has 1 saturated heterocycles. The first-order chi connectivity index (χ1) is 9.62. The van der Waals surface area contributed by atoms with Crippen molar-refractivity contribution in [2.75, 3.05) is 25.4 Å². The van der Waals surface area contributed by atoms with Crippen molar-refractivity contribution in [3.8, 4) is 0 Å². The van der Waals surface area contributed by atoms with Crippen LogP contribution in [0.3, 0.4) is 0 Å². The maximum absolute atomic E-state index is 11.9. The molecule has 2 rings (SSSR count). The van der Waals surface area contributed by atoms with Gasteiger partial charge in [-0.2, -0.15) is 0 Å². The summed E-state index contributed by atoms with van der Waals surface area (Å²) in [6.45, 7) is 5.28. The van der Waals surface area contributed by atoms with Crippen LogP contribution in [0.1, 0.15) is 38.2 Å². The summed E-state index contributed by atoms with van der Waals surface area (Å²) in [6.07, 6.45) is 6.08. The molecule has 20 heavy (non-hydrogen) atoms. The quantitative estimate of drug-likeness (QED) is 0.810. The van der Waals surface area contributed by atoms with Gasteiger partial charge < -0.3 is 4.90 Å². The van der Waals surface area contributed by atoms with E-state index in [1.54, 1.807) is 13.0 Å². The Hall–Kier alpha value is -0.870. The maximum Gasteiger partial charge on any atom is 0.178 e. The minimum atomic E-state index is -3.08. The van der Waals surface area contributed by atoms with Crippen molar-refractivity contribution in [2.24, 2.45) is 0 Å². The topological polar surface area (TPSA) is 37.4 Å². The van der Waals surface area contributed by atoms with Gasteiger partial charge >= 0.3 is 0 Å². The van der Waals surface area contributed by atoms with E-state index in [4.69, 9.17) is 0 Å². The molecule has 1 aromatic rings. The van der Waals surface area contributed by atoms with Crippen LogP contribution in [0.25, 0.3) is 0 Å². The van der Waals surface area contributed by atoms with Gasteiger partial charge in [0.15, 0.2) is 9.84 Å². The number of nitrogens with zero attached hydrogens (tertiary/aromatic N) is 1. The number of sulfone groups is 1. The molecule has 0 aromatic heterocycles. The molecule has 0 amide bonds. The molecule has 1 aliphatic rings. The normalized spacial score (nSPS) is 17.2. The van der Waals surface area contributed by atoms with Crippen molar-refractivity contribution in [1.29, 1.82) is 0 Å². The Kier molecular flexibility index (Phi) is 5.61. The average Bonchev–Trinajstić information content (AvgIpc) is 2.49. The minimum Gasteiger partial charge on any atom is -0.303 e. The Balaban J connectivity index is 1.88. The van der Waals surface area contributed by atoms with E-state index in [1.807, 2.05) is 18.2 Å². The second kappa shape index (κ2) is 7.23. The summed E-state index contributed by atoms with van der Waals surface area (Å²) in [5.74, 6) is 0.171. The molecule has 1 aromatic carbocycles. The van der Waals surface area contributed by atoms with Gasteiger partial charge in [-0.1, -0.05) is 25.5 Å². The highest BCUT2D eigenvalue weighted by Gasteiger charge is 2.12. The molecule has 0 saturated carbocycles. The van der Waals surface area contributed by atoms with Crippen LogP contribution in [0, 0.1) is 0 Å². The molecule has 0 atom stereocenters. The van der Waals surface area contributed by atoms with Gasteiger partial charge in [0.05, 0.1) is 10.6 Å². The van der Waals surface area contributed by atoms with Gasteiger partial charge in [0.2, 0.25) is 0 Å². The Labute approximate surface area is 122 Å². The number of benzene rings is 1. The van der Waals surface area contributed by atoms with Gasteiger partial charge in [-0.05, 0) is 63.0 Å². The lowest BCUT2D eigenvalue weighted by Gasteiger charge is -2.26. The number of rotatable bonds is 6. The fraction of sp³-hybridized carbons (Fsp3) is 0.625. The third kappa shape index (κ3) is 4.32. The SMILES string of the molecule is CCS(=O)(=O)c1cccc(CCCN2CCCCC2)c1. The smallest absolute Gasteiger partial charge is 0.178 e. The van der Waals surface area contributed by atoms with Crippen LogP contribution in [-0.2, 0) is 16.3 Å². The molecule has 1 aliphatic heterocycles. The minimum absolute atomic E-state index is 0.171. The Bertz CT molecular complexity index is 519. The van der Waals surface area contributed by atoms with E-state index in [9.17, 15) is 8.42 Å². The van der Waals surface area contributed by atoms with E-state index in [1.165, 1.54) is 32.4 Å². The predicted molar refractivity (Wildman–Crippen MR) is 82.8 cm³/mol. The van der Waals surface area contributed by atoms with Crippen LogP contribution in [0.4, 0.5) is 0 Å². The second-order valence-electron chi connectivity index (χ2n) is 5.56. The maximum atomic E-state index is 11.9. The number of hydrogen-bond donors (Lipinski definition) is 0. The van der Waals surface area contributed by atoms with Crippen LogP contribution in [0.15, 0.2) is 29.2 Å². The summed E-state index contributed by atoms with van der Waals surface area (Å²) in [6, 6.07) is 7.44. The molecule has 3 nitrogen and oxygen atoms in total. The number of aryl methyl sites for hydroxylation is 1. The molecule has 0 N–H and O–H groups in total. The predicted octanol–water partition coefficient (Wildman–Crippen LogP) is 2.90. The molecule has 0 radical (unpaired) electrons. The highest BCUT2D eigenvalue weighted by atomic mass is 32.2. The number of piperidine rings is 1. The van der Waals surface area contributed by atoms with Gasteiger partial charge in [-0.3, -0.25) is 0 Å². The van der Waals surface area contributed by atoms with E-state index in [2.05, 4.69) is 4.90 Å². The zero-order chi connectivity index (χ0) is 14.4. The van der Waals surface area contributed by atoms with E-state index in [0.717, 1.165) is 24.9 Å². The molecule has 0 unspecified atom stereocenters. The molecule has 0 aliphatic carbocycles. The highest BCUT2D eigenvalue weighted by Crippen LogP contribution is 2.15. The van der Waals surface area contributed by atoms with Gasteiger partial charge in [0.25, 0.3) is 0 Å². The average molecular weight is 295 g/mol. The number of likely N-dealkylation sites (tertiary alicyclic amines) is 1. The zero-order valence-corrected chi connectivity index (χ0v) is 13.2. The van der Waals surface area contributed by atoms with E-state index < -0.39 is 9.84 Å². The Morgan fingerprint density at radius 2 is 1.90 bits per heavy atom. The monoisotopic (exact) mass is 295 g/mol. The van der Waals surface area contributed by atoms with Crippen LogP contribution in [0.5, 0.6) is 0 Å². The van der Waals surface area contributed by atoms with E-state index >= 15 is 0 Å². The third-order valence-corrected chi connectivity index (χ3v) is 5.76. The summed E-state index contributed by atoms with van der Waals surface area (Å²) in [5.41, 5.74) is 1.14. The van der Waals surface area contributed by atoms with Crippen molar-refractivity contribution < 1.29 is 8.42 Å². The van der Waals surface area contributed by atoms with E-state index in [-0.39, 0.29) is 5.75 Å². The standard InChI is InChI=1S/C16H25NO2S/c1-2-20(18,19)16-10-6-8-15(14-16)9-7-13-17-11-4-3-5-12-17/h6,8,10,14H,2-5,7,9,11-13H2,1H3. The fourth-order valence-electron chi connectivity index (χ4n) is 2.75. The van der Waals surface area contributed by atoms with Gasteiger partial charge in [-0.15, -0.1) is 0 Å². The van der Waals surface area contributed by atoms with Crippen molar-refractivity contribution in [3.63, 3.8) is 0 Å². The van der Waals surface area contributed by atoms with Gasteiger partial charge in [-0.25, -0.2) is 8.42 Å². The Morgan fingerprint density at radius 1 is 1.15 bits per heavy atom. The van der Waals surface area contributed by atoms with Crippen molar-refractivity contribution >= 4 is 9.84 Å². The molecular weight excluding hydrogens is 270 g/mol. The van der Waals surface area contributed by atoms with Crippen LogP contribution >= 0.6 is 0 Å². The molecule has 1 fully saturated rings. The first kappa shape index (κ1) is 15.5. The molecule has 0 spiro atoms. The van der Waals surface area contributed by atoms with Crippen LogP contribution in [0.2, 0.25) is 0 Å². The molecule has 112 valence electrons. The fourth-order valence-corrected chi connectivity index (χ4v) is 3.70. The lowest BCUT2D eigenvalue weighted by atomic mass is 10.1. The molecular formula is C16H25NO2S. The molecule has 0 bridgehead atoms. The summed E-state index contributed by atoms with van der Waals surface area (Å²) in [4.78, 5) is 2.99. The second-order valence-corrected chi connectivity index (χ2v) is 7.83.